The van der Waals surface area contributed by atoms with E-state index in [2.05, 4.69) is 39.0 Å². The van der Waals surface area contributed by atoms with E-state index in [1.165, 1.54) is 57.3 Å². The highest BCUT2D eigenvalue weighted by Crippen LogP contribution is 2.45. The molecule has 98 valence electrons. The number of nitrogens with two attached hydrogens (primary N) is 1. The van der Waals surface area contributed by atoms with Gasteiger partial charge in [0.15, 0.2) is 0 Å². The van der Waals surface area contributed by atoms with E-state index in [0.29, 0.717) is 5.41 Å². The van der Waals surface area contributed by atoms with Crippen LogP contribution in [0.5, 0.6) is 0 Å². The standard InChI is InChI=1S/C15H21BrN2/c16-13-6-5-12(9-14(13)17)18-10-15(11-18)7-3-1-2-4-8-15/h5-6,9H,1-4,7-8,10-11,17H2. The van der Waals surface area contributed by atoms with Crippen molar-refractivity contribution >= 4 is 27.3 Å². The topological polar surface area (TPSA) is 29.3 Å². The van der Waals surface area contributed by atoms with Crippen LogP contribution in [0.1, 0.15) is 38.5 Å². The van der Waals surface area contributed by atoms with E-state index in [-0.39, 0.29) is 0 Å². The minimum absolute atomic E-state index is 0.623. The molecule has 0 atom stereocenters. The Morgan fingerprint density at radius 3 is 2.33 bits per heavy atom. The SMILES string of the molecule is Nc1cc(N2CC3(CCCCCC3)C2)ccc1Br. The summed E-state index contributed by atoms with van der Waals surface area (Å²) in [6, 6.07) is 6.32. The molecule has 3 rings (SSSR count). The van der Waals surface area contributed by atoms with Gasteiger partial charge in [-0.2, -0.15) is 0 Å². The summed E-state index contributed by atoms with van der Waals surface area (Å²) >= 11 is 3.46. The van der Waals surface area contributed by atoms with E-state index in [4.69, 9.17) is 5.73 Å². The van der Waals surface area contributed by atoms with Gasteiger partial charge in [-0.15, -0.1) is 0 Å². The summed E-state index contributed by atoms with van der Waals surface area (Å²) in [5.41, 5.74) is 8.71. The Labute approximate surface area is 118 Å². The molecule has 0 amide bonds. The van der Waals surface area contributed by atoms with E-state index < -0.39 is 0 Å². The fourth-order valence-electron chi connectivity index (χ4n) is 3.47. The number of anilines is 2. The Hall–Kier alpha value is -0.700. The summed E-state index contributed by atoms with van der Waals surface area (Å²) in [6.45, 7) is 2.46. The molecule has 2 aliphatic rings. The highest BCUT2D eigenvalue weighted by Gasteiger charge is 2.42. The minimum atomic E-state index is 0.623. The van der Waals surface area contributed by atoms with Crippen molar-refractivity contribution in [3.63, 3.8) is 0 Å². The van der Waals surface area contributed by atoms with E-state index in [9.17, 15) is 0 Å². The Kier molecular flexibility index (Phi) is 3.27. The molecule has 2 nitrogen and oxygen atoms in total. The van der Waals surface area contributed by atoms with Crippen molar-refractivity contribution in [1.82, 2.24) is 0 Å². The van der Waals surface area contributed by atoms with Crippen molar-refractivity contribution in [2.45, 2.75) is 38.5 Å². The number of nitrogen functional groups attached to an aromatic ring is 1. The van der Waals surface area contributed by atoms with Crippen LogP contribution in [-0.2, 0) is 0 Å². The first-order valence-electron chi connectivity index (χ1n) is 6.99. The van der Waals surface area contributed by atoms with Gasteiger partial charge in [0, 0.05) is 34.4 Å². The quantitative estimate of drug-likeness (QED) is 0.788. The van der Waals surface area contributed by atoms with Gasteiger partial charge in [-0.1, -0.05) is 25.7 Å². The van der Waals surface area contributed by atoms with Crippen LogP contribution < -0.4 is 10.6 Å². The first-order valence-corrected chi connectivity index (χ1v) is 7.78. The van der Waals surface area contributed by atoms with Gasteiger partial charge in [0.1, 0.15) is 0 Å². The van der Waals surface area contributed by atoms with E-state index in [0.717, 1.165) is 10.2 Å². The molecule has 0 radical (unpaired) electrons. The maximum absolute atomic E-state index is 5.96. The van der Waals surface area contributed by atoms with Gasteiger partial charge < -0.3 is 10.6 Å². The lowest BCUT2D eigenvalue weighted by Crippen LogP contribution is -2.56. The molecule has 1 saturated heterocycles. The number of nitrogens with zero attached hydrogens (tertiary/aromatic N) is 1. The van der Waals surface area contributed by atoms with Crippen LogP contribution in [0.4, 0.5) is 11.4 Å². The Morgan fingerprint density at radius 1 is 1.06 bits per heavy atom. The van der Waals surface area contributed by atoms with Gasteiger partial charge >= 0.3 is 0 Å². The molecule has 1 heterocycles. The van der Waals surface area contributed by atoms with Crippen LogP contribution in [0.2, 0.25) is 0 Å². The van der Waals surface area contributed by atoms with Gasteiger partial charge in [0.25, 0.3) is 0 Å². The summed E-state index contributed by atoms with van der Waals surface area (Å²) in [5, 5.41) is 0. The second-order valence-electron chi connectivity index (χ2n) is 5.98. The van der Waals surface area contributed by atoms with Gasteiger partial charge in [-0.3, -0.25) is 0 Å². The Morgan fingerprint density at radius 2 is 1.72 bits per heavy atom. The second-order valence-corrected chi connectivity index (χ2v) is 6.83. The van der Waals surface area contributed by atoms with Gasteiger partial charge in [0.05, 0.1) is 0 Å². The lowest BCUT2D eigenvalue weighted by atomic mass is 9.73. The van der Waals surface area contributed by atoms with Crippen LogP contribution >= 0.6 is 15.9 Å². The molecular weight excluding hydrogens is 288 g/mol. The third kappa shape index (κ3) is 2.25. The van der Waals surface area contributed by atoms with Crippen LogP contribution in [0.3, 0.4) is 0 Å². The van der Waals surface area contributed by atoms with E-state index >= 15 is 0 Å². The largest absolute Gasteiger partial charge is 0.398 e. The zero-order valence-corrected chi connectivity index (χ0v) is 12.4. The second kappa shape index (κ2) is 4.76. The molecule has 1 spiro atoms. The molecule has 18 heavy (non-hydrogen) atoms. The smallest absolute Gasteiger partial charge is 0.0479 e. The van der Waals surface area contributed by atoms with Crippen molar-refractivity contribution in [1.29, 1.82) is 0 Å². The summed E-state index contributed by atoms with van der Waals surface area (Å²) in [7, 11) is 0. The predicted octanol–water partition coefficient (Wildman–Crippen LogP) is 4.19. The van der Waals surface area contributed by atoms with Crippen LogP contribution in [0.15, 0.2) is 22.7 Å². The third-order valence-electron chi connectivity index (χ3n) is 4.56. The molecule has 2 fully saturated rings. The molecule has 1 saturated carbocycles. The molecule has 1 aliphatic heterocycles. The molecule has 1 aromatic rings. The van der Waals surface area contributed by atoms with Gasteiger partial charge in [-0.25, -0.2) is 0 Å². The minimum Gasteiger partial charge on any atom is -0.398 e. The highest BCUT2D eigenvalue weighted by atomic mass is 79.9. The zero-order valence-electron chi connectivity index (χ0n) is 10.8. The highest BCUT2D eigenvalue weighted by molar-refractivity contribution is 9.10. The molecule has 1 aromatic carbocycles. The number of halogens is 1. The molecule has 0 aromatic heterocycles. The molecule has 1 aliphatic carbocycles. The van der Waals surface area contributed by atoms with Crippen molar-refractivity contribution in [3.05, 3.63) is 22.7 Å². The number of benzene rings is 1. The average Bonchev–Trinajstić information content (AvgIpc) is 2.56. The average molecular weight is 309 g/mol. The van der Waals surface area contributed by atoms with Crippen molar-refractivity contribution in [3.8, 4) is 0 Å². The maximum Gasteiger partial charge on any atom is 0.0479 e. The Balaban J connectivity index is 1.68. The van der Waals surface area contributed by atoms with Gasteiger partial charge in [0.2, 0.25) is 0 Å². The van der Waals surface area contributed by atoms with Crippen LogP contribution in [-0.4, -0.2) is 13.1 Å². The van der Waals surface area contributed by atoms with Crippen molar-refractivity contribution in [2.75, 3.05) is 23.7 Å². The third-order valence-corrected chi connectivity index (χ3v) is 5.28. The molecule has 0 unspecified atom stereocenters. The Bertz CT molecular complexity index is 428. The van der Waals surface area contributed by atoms with Crippen molar-refractivity contribution < 1.29 is 0 Å². The summed E-state index contributed by atoms with van der Waals surface area (Å²) in [5.74, 6) is 0. The van der Waals surface area contributed by atoms with E-state index in [1.54, 1.807) is 0 Å². The maximum atomic E-state index is 5.96. The first kappa shape index (κ1) is 12.3. The lowest BCUT2D eigenvalue weighted by molar-refractivity contribution is 0.180. The number of rotatable bonds is 1. The van der Waals surface area contributed by atoms with Gasteiger partial charge in [-0.05, 0) is 47.0 Å². The number of hydrogen-bond acceptors (Lipinski definition) is 2. The fraction of sp³-hybridized carbons (Fsp3) is 0.600. The number of hydrogen-bond donors (Lipinski definition) is 1. The zero-order chi connectivity index (χ0) is 12.6. The normalized spacial score (nSPS) is 22.6. The predicted molar refractivity (Wildman–Crippen MR) is 80.9 cm³/mol. The van der Waals surface area contributed by atoms with Crippen LogP contribution in [0.25, 0.3) is 0 Å². The van der Waals surface area contributed by atoms with Crippen molar-refractivity contribution in [2.24, 2.45) is 5.41 Å². The monoisotopic (exact) mass is 308 g/mol. The molecule has 0 bridgehead atoms. The fourth-order valence-corrected chi connectivity index (χ4v) is 3.72. The summed E-state index contributed by atoms with van der Waals surface area (Å²) < 4.78 is 0.996. The lowest BCUT2D eigenvalue weighted by Gasteiger charge is -2.51. The first-order chi connectivity index (χ1) is 8.69. The summed E-state index contributed by atoms with van der Waals surface area (Å²) in [4.78, 5) is 2.48. The van der Waals surface area contributed by atoms with Crippen LogP contribution in [0, 0.1) is 5.41 Å². The molecular formula is C15H21BrN2. The molecule has 3 heteroatoms. The van der Waals surface area contributed by atoms with E-state index in [1.807, 2.05) is 0 Å². The molecule has 2 N–H and O–H groups in total. The summed E-state index contributed by atoms with van der Waals surface area (Å²) in [6.07, 6.45) is 8.58.